The maximum atomic E-state index is 4.46. The van der Waals surface area contributed by atoms with Gasteiger partial charge in [0.25, 0.3) is 0 Å². The lowest BCUT2D eigenvalue weighted by Crippen LogP contribution is -2.41. The highest BCUT2D eigenvalue weighted by Gasteiger charge is 2.12. The van der Waals surface area contributed by atoms with Gasteiger partial charge in [0, 0.05) is 37.1 Å². The van der Waals surface area contributed by atoms with Gasteiger partial charge in [-0.1, -0.05) is 0 Å². The third-order valence-corrected chi connectivity index (χ3v) is 4.92. The van der Waals surface area contributed by atoms with Crippen LogP contribution < -0.4 is 10.6 Å². The van der Waals surface area contributed by atoms with Gasteiger partial charge in [-0.3, -0.25) is 9.89 Å². The number of rotatable bonds is 8. The Balaban J connectivity index is 2.33. The van der Waals surface area contributed by atoms with E-state index in [0.29, 0.717) is 12.1 Å². The Labute approximate surface area is 145 Å². The molecule has 0 bridgehead atoms. The summed E-state index contributed by atoms with van der Waals surface area (Å²) in [5.74, 6) is 0.857. The fraction of sp³-hybridized carbons (Fsp3) is 0.765. The summed E-state index contributed by atoms with van der Waals surface area (Å²) in [6, 6.07) is 1.18. The molecule has 6 heteroatoms. The van der Waals surface area contributed by atoms with Crippen molar-refractivity contribution in [1.29, 1.82) is 0 Å². The number of nitrogens with one attached hydrogen (secondary N) is 2. The summed E-state index contributed by atoms with van der Waals surface area (Å²) in [5.41, 5.74) is 1.11. The first kappa shape index (κ1) is 19.9. The maximum Gasteiger partial charge on any atom is 0.191 e. The molecule has 0 atom stereocenters. The van der Waals surface area contributed by atoms with Gasteiger partial charge in [-0.25, -0.2) is 4.98 Å². The predicted molar refractivity (Wildman–Crippen MR) is 101 cm³/mol. The van der Waals surface area contributed by atoms with Gasteiger partial charge in [0.2, 0.25) is 0 Å². The van der Waals surface area contributed by atoms with E-state index in [1.54, 1.807) is 11.3 Å². The molecule has 0 spiro atoms. The smallest absolute Gasteiger partial charge is 0.191 e. The van der Waals surface area contributed by atoms with E-state index in [9.17, 15) is 0 Å². The minimum atomic E-state index is 0.588. The van der Waals surface area contributed by atoms with Gasteiger partial charge in [0.1, 0.15) is 0 Å². The standard InChI is InChI=1S/C17H33N5S/c1-12(2)22(13(3)4)10-8-9-19-17(18-7)20-11-16-14(5)21-15(6)23-16/h12-13H,8-11H2,1-7H3,(H2,18,19,20). The number of nitrogens with zero attached hydrogens (tertiary/aromatic N) is 3. The van der Waals surface area contributed by atoms with Crippen LogP contribution in [0.3, 0.4) is 0 Å². The molecule has 5 nitrogen and oxygen atoms in total. The number of hydrogen-bond acceptors (Lipinski definition) is 4. The number of aromatic nitrogens is 1. The van der Waals surface area contributed by atoms with E-state index in [4.69, 9.17) is 0 Å². The summed E-state index contributed by atoms with van der Waals surface area (Å²) in [7, 11) is 1.81. The first-order valence-electron chi connectivity index (χ1n) is 8.48. The normalized spacial score (nSPS) is 12.5. The Bertz CT molecular complexity index is 485. The lowest BCUT2D eigenvalue weighted by molar-refractivity contribution is 0.173. The number of thiazole rings is 1. The third-order valence-electron chi connectivity index (χ3n) is 3.85. The van der Waals surface area contributed by atoms with Crippen LogP contribution in [0.15, 0.2) is 4.99 Å². The Morgan fingerprint density at radius 3 is 2.30 bits per heavy atom. The molecule has 23 heavy (non-hydrogen) atoms. The van der Waals surface area contributed by atoms with Crippen LogP contribution in [0.2, 0.25) is 0 Å². The first-order chi connectivity index (χ1) is 10.8. The van der Waals surface area contributed by atoms with E-state index < -0.39 is 0 Å². The quantitative estimate of drug-likeness (QED) is 0.434. The Kier molecular flexibility index (Phi) is 8.55. The zero-order valence-corrected chi connectivity index (χ0v) is 16.5. The van der Waals surface area contributed by atoms with Gasteiger partial charge in [0.05, 0.1) is 17.2 Å². The summed E-state index contributed by atoms with van der Waals surface area (Å²) in [6.45, 7) is 15.9. The molecule has 0 saturated carbocycles. The van der Waals surface area contributed by atoms with Crippen LogP contribution in [-0.2, 0) is 6.54 Å². The molecule has 0 fully saturated rings. The van der Waals surface area contributed by atoms with Gasteiger partial charge in [-0.05, 0) is 48.0 Å². The van der Waals surface area contributed by atoms with Crippen LogP contribution in [0.1, 0.15) is 49.7 Å². The second-order valence-electron chi connectivity index (χ2n) is 6.37. The van der Waals surface area contributed by atoms with Gasteiger partial charge in [-0.2, -0.15) is 0 Å². The van der Waals surface area contributed by atoms with Crippen LogP contribution in [0.4, 0.5) is 0 Å². The van der Waals surface area contributed by atoms with Crippen molar-refractivity contribution >= 4 is 17.3 Å². The average Bonchev–Trinajstić information content (AvgIpc) is 2.79. The largest absolute Gasteiger partial charge is 0.356 e. The molecule has 2 N–H and O–H groups in total. The van der Waals surface area contributed by atoms with E-state index in [2.05, 4.69) is 60.1 Å². The SMILES string of the molecule is CN=C(NCCCN(C(C)C)C(C)C)NCc1sc(C)nc1C. The van der Waals surface area contributed by atoms with Crippen LogP contribution in [0.25, 0.3) is 0 Å². The van der Waals surface area contributed by atoms with Gasteiger partial charge in [-0.15, -0.1) is 11.3 Å². The Hall–Kier alpha value is -1.14. The molecule has 0 radical (unpaired) electrons. The lowest BCUT2D eigenvalue weighted by atomic mass is 10.2. The van der Waals surface area contributed by atoms with E-state index in [1.807, 2.05) is 14.0 Å². The van der Waals surface area contributed by atoms with Crippen molar-refractivity contribution in [2.45, 2.75) is 66.6 Å². The first-order valence-corrected chi connectivity index (χ1v) is 9.30. The summed E-state index contributed by atoms with van der Waals surface area (Å²) in [6.07, 6.45) is 1.11. The molecule has 0 aliphatic heterocycles. The highest BCUT2D eigenvalue weighted by molar-refractivity contribution is 7.11. The molecular formula is C17H33N5S. The van der Waals surface area contributed by atoms with Gasteiger partial charge in [0.15, 0.2) is 5.96 Å². The molecule has 1 heterocycles. The number of aryl methyl sites for hydroxylation is 2. The van der Waals surface area contributed by atoms with Crippen molar-refractivity contribution in [3.63, 3.8) is 0 Å². The van der Waals surface area contributed by atoms with E-state index in [1.165, 1.54) is 4.88 Å². The third kappa shape index (κ3) is 6.87. The minimum Gasteiger partial charge on any atom is -0.356 e. The van der Waals surface area contributed by atoms with Crippen molar-refractivity contribution in [2.24, 2.45) is 4.99 Å². The molecule has 1 aromatic heterocycles. The number of aliphatic imine (C=N–C) groups is 1. The summed E-state index contributed by atoms with van der Waals surface area (Å²) < 4.78 is 0. The van der Waals surface area contributed by atoms with E-state index in [-0.39, 0.29) is 0 Å². The molecule has 132 valence electrons. The molecule has 0 unspecified atom stereocenters. The Morgan fingerprint density at radius 1 is 1.17 bits per heavy atom. The van der Waals surface area contributed by atoms with Crippen molar-refractivity contribution < 1.29 is 0 Å². The zero-order valence-electron chi connectivity index (χ0n) is 15.7. The highest BCUT2D eigenvalue weighted by Crippen LogP contribution is 2.16. The molecular weight excluding hydrogens is 306 g/mol. The van der Waals surface area contributed by atoms with Crippen LogP contribution in [0.5, 0.6) is 0 Å². The number of hydrogen-bond donors (Lipinski definition) is 2. The van der Waals surface area contributed by atoms with E-state index >= 15 is 0 Å². The van der Waals surface area contributed by atoms with Crippen LogP contribution in [0, 0.1) is 13.8 Å². The molecule has 0 aromatic carbocycles. The molecule has 0 saturated heterocycles. The molecule has 0 aliphatic rings. The fourth-order valence-electron chi connectivity index (χ4n) is 2.70. The topological polar surface area (TPSA) is 52.6 Å². The average molecular weight is 340 g/mol. The van der Waals surface area contributed by atoms with Crippen LogP contribution >= 0.6 is 11.3 Å². The maximum absolute atomic E-state index is 4.46. The second-order valence-corrected chi connectivity index (χ2v) is 7.66. The fourth-order valence-corrected chi connectivity index (χ4v) is 3.58. The van der Waals surface area contributed by atoms with E-state index in [0.717, 1.165) is 42.7 Å². The zero-order chi connectivity index (χ0) is 17.4. The van der Waals surface area contributed by atoms with Crippen molar-refractivity contribution in [3.05, 3.63) is 15.6 Å². The Morgan fingerprint density at radius 2 is 1.83 bits per heavy atom. The van der Waals surface area contributed by atoms with Crippen molar-refractivity contribution in [3.8, 4) is 0 Å². The highest BCUT2D eigenvalue weighted by atomic mass is 32.1. The van der Waals surface area contributed by atoms with Gasteiger partial charge < -0.3 is 10.6 Å². The lowest BCUT2D eigenvalue weighted by Gasteiger charge is -2.30. The monoisotopic (exact) mass is 339 g/mol. The van der Waals surface area contributed by atoms with Crippen molar-refractivity contribution in [1.82, 2.24) is 20.5 Å². The predicted octanol–water partition coefficient (Wildman–Crippen LogP) is 2.93. The molecule has 1 aromatic rings. The van der Waals surface area contributed by atoms with Gasteiger partial charge >= 0.3 is 0 Å². The minimum absolute atomic E-state index is 0.588. The molecule has 0 amide bonds. The molecule has 0 aliphatic carbocycles. The van der Waals surface area contributed by atoms with Crippen LogP contribution in [-0.4, -0.2) is 48.1 Å². The number of guanidine groups is 1. The second kappa shape index (κ2) is 9.88. The summed E-state index contributed by atoms with van der Waals surface area (Å²) in [5, 5.41) is 7.88. The molecule has 1 rings (SSSR count). The summed E-state index contributed by atoms with van der Waals surface area (Å²) in [4.78, 5) is 12.5. The summed E-state index contributed by atoms with van der Waals surface area (Å²) >= 11 is 1.74. The van der Waals surface area contributed by atoms with Crippen molar-refractivity contribution in [2.75, 3.05) is 20.1 Å².